The maximum Gasteiger partial charge on any atom is 0.222 e. The number of ether oxygens (including phenoxy) is 1. The van der Waals surface area contributed by atoms with Gasteiger partial charge in [0, 0.05) is 24.0 Å². The van der Waals surface area contributed by atoms with Gasteiger partial charge in [-0.15, -0.1) is 0 Å². The summed E-state index contributed by atoms with van der Waals surface area (Å²) in [6, 6.07) is 13.0. The number of hydrogen-bond acceptors (Lipinski definition) is 3. The third-order valence-corrected chi connectivity index (χ3v) is 4.50. The van der Waals surface area contributed by atoms with Crippen LogP contribution in [-0.2, 0) is 9.53 Å². The normalized spacial score (nSPS) is 18.6. The van der Waals surface area contributed by atoms with E-state index in [4.69, 9.17) is 16.3 Å². The van der Waals surface area contributed by atoms with Gasteiger partial charge < -0.3 is 15.4 Å². The van der Waals surface area contributed by atoms with Crippen molar-refractivity contribution in [2.24, 2.45) is 0 Å². The van der Waals surface area contributed by atoms with Crippen LogP contribution in [0, 0.1) is 5.82 Å². The van der Waals surface area contributed by atoms with Crippen LogP contribution in [-0.4, -0.2) is 31.7 Å². The van der Waals surface area contributed by atoms with Crippen molar-refractivity contribution in [1.29, 1.82) is 0 Å². The monoisotopic (exact) mass is 362 g/mol. The van der Waals surface area contributed by atoms with E-state index < -0.39 is 6.04 Å². The van der Waals surface area contributed by atoms with Crippen molar-refractivity contribution in [2.75, 3.05) is 19.8 Å². The highest BCUT2D eigenvalue weighted by molar-refractivity contribution is 6.31. The highest BCUT2D eigenvalue weighted by Crippen LogP contribution is 2.28. The zero-order valence-electron chi connectivity index (χ0n) is 13.7. The van der Waals surface area contributed by atoms with Gasteiger partial charge in [0.25, 0.3) is 0 Å². The molecule has 0 aliphatic carbocycles. The molecule has 0 aromatic heterocycles. The summed E-state index contributed by atoms with van der Waals surface area (Å²) in [7, 11) is 0. The molecule has 2 aromatic rings. The van der Waals surface area contributed by atoms with E-state index in [0.717, 1.165) is 17.7 Å². The Morgan fingerprint density at radius 3 is 2.72 bits per heavy atom. The SMILES string of the molecule is O=C(CC1COCCN1)NC(c1ccc(F)cc1)c1ccccc1Cl. The summed E-state index contributed by atoms with van der Waals surface area (Å²) in [5.74, 6) is -0.436. The minimum Gasteiger partial charge on any atom is -0.378 e. The highest BCUT2D eigenvalue weighted by atomic mass is 35.5. The van der Waals surface area contributed by atoms with E-state index in [9.17, 15) is 9.18 Å². The molecule has 1 aliphatic rings. The number of carbonyl (C=O) groups excluding carboxylic acids is 1. The minimum atomic E-state index is -0.439. The zero-order valence-corrected chi connectivity index (χ0v) is 14.4. The fourth-order valence-electron chi connectivity index (χ4n) is 2.90. The van der Waals surface area contributed by atoms with Crippen LogP contribution < -0.4 is 10.6 Å². The van der Waals surface area contributed by atoms with Gasteiger partial charge in [0.15, 0.2) is 0 Å². The third-order valence-electron chi connectivity index (χ3n) is 4.16. The predicted octanol–water partition coefficient (Wildman–Crippen LogP) is 3.06. The Labute approximate surface area is 151 Å². The first-order valence-electron chi connectivity index (χ1n) is 8.24. The molecular weight excluding hydrogens is 343 g/mol. The molecule has 2 unspecified atom stereocenters. The van der Waals surface area contributed by atoms with Gasteiger partial charge in [0.2, 0.25) is 5.91 Å². The Morgan fingerprint density at radius 1 is 1.28 bits per heavy atom. The van der Waals surface area contributed by atoms with Gasteiger partial charge in [-0.25, -0.2) is 4.39 Å². The van der Waals surface area contributed by atoms with Gasteiger partial charge in [-0.3, -0.25) is 4.79 Å². The second-order valence-corrected chi connectivity index (χ2v) is 6.41. The van der Waals surface area contributed by atoms with Gasteiger partial charge in [-0.05, 0) is 29.3 Å². The van der Waals surface area contributed by atoms with Gasteiger partial charge in [0.1, 0.15) is 5.82 Å². The summed E-state index contributed by atoms with van der Waals surface area (Å²) in [4.78, 5) is 12.5. The number of benzene rings is 2. The Hall–Kier alpha value is -1.95. The lowest BCUT2D eigenvalue weighted by molar-refractivity contribution is -0.122. The molecule has 0 bridgehead atoms. The summed E-state index contributed by atoms with van der Waals surface area (Å²) >= 11 is 6.32. The summed E-state index contributed by atoms with van der Waals surface area (Å²) in [6.45, 7) is 1.92. The fraction of sp³-hybridized carbons (Fsp3) is 0.316. The van der Waals surface area contributed by atoms with E-state index >= 15 is 0 Å². The van der Waals surface area contributed by atoms with E-state index in [1.807, 2.05) is 18.2 Å². The predicted molar refractivity (Wildman–Crippen MR) is 95.1 cm³/mol. The van der Waals surface area contributed by atoms with Crippen LogP contribution in [0.2, 0.25) is 5.02 Å². The Bertz CT molecular complexity index is 718. The van der Waals surface area contributed by atoms with Crippen molar-refractivity contribution < 1.29 is 13.9 Å². The Balaban J connectivity index is 1.80. The lowest BCUT2D eigenvalue weighted by Gasteiger charge is -2.25. The second kappa shape index (κ2) is 8.43. The van der Waals surface area contributed by atoms with Crippen LogP contribution in [0.3, 0.4) is 0 Å². The van der Waals surface area contributed by atoms with E-state index in [-0.39, 0.29) is 17.8 Å². The number of morpholine rings is 1. The lowest BCUT2D eigenvalue weighted by Crippen LogP contribution is -2.44. The fourth-order valence-corrected chi connectivity index (χ4v) is 3.14. The number of halogens is 2. The van der Waals surface area contributed by atoms with E-state index in [1.165, 1.54) is 12.1 Å². The molecule has 4 nitrogen and oxygen atoms in total. The van der Waals surface area contributed by atoms with E-state index in [0.29, 0.717) is 24.7 Å². The number of rotatable bonds is 5. The number of amides is 1. The van der Waals surface area contributed by atoms with Crippen LogP contribution in [0.5, 0.6) is 0 Å². The molecule has 2 atom stereocenters. The zero-order chi connectivity index (χ0) is 17.6. The molecule has 6 heteroatoms. The van der Waals surface area contributed by atoms with Crippen molar-refractivity contribution in [3.8, 4) is 0 Å². The van der Waals surface area contributed by atoms with Gasteiger partial charge >= 0.3 is 0 Å². The van der Waals surface area contributed by atoms with Crippen LogP contribution in [0.15, 0.2) is 48.5 Å². The molecule has 132 valence electrons. The van der Waals surface area contributed by atoms with Crippen LogP contribution in [0.1, 0.15) is 23.6 Å². The standard InChI is InChI=1S/C19H20ClFN2O2/c20-17-4-2-1-3-16(17)19(13-5-7-14(21)8-6-13)23-18(24)11-15-12-25-10-9-22-15/h1-8,15,19,22H,9-12H2,(H,23,24). The average molecular weight is 363 g/mol. The maximum absolute atomic E-state index is 13.3. The number of nitrogens with one attached hydrogen (secondary N) is 2. The molecule has 2 aromatic carbocycles. The summed E-state index contributed by atoms with van der Waals surface area (Å²) in [5, 5.41) is 6.83. The van der Waals surface area contributed by atoms with E-state index in [2.05, 4.69) is 10.6 Å². The molecule has 0 saturated carbocycles. The number of hydrogen-bond donors (Lipinski definition) is 2. The Kier molecular flexibility index (Phi) is 6.02. The second-order valence-electron chi connectivity index (χ2n) is 6.00. The molecule has 3 rings (SSSR count). The first kappa shape index (κ1) is 17.9. The maximum atomic E-state index is 13.3. The molecule has 0 radical (unpaired) electrons. The van der Waals surface area contributed by atoms with Crippen molar-refractivity contribution in [2.45, 2.75) is 18.5 Å². The average Bonchev–Trinajstić information content (AvgIpc) is 2.62. The minimum absolute atomic E-state index is 0.00568. The largest absolute Gasteiger partial charge is 0.378 e. The van der Waals surface area contributed by atoms with Crippen LogP contribution in [0.25, 0.3) is 0 Å². The molecule has 1 saturated heterocycles. The van der Waals surface area contributed by atoms with Gasteiger partial charge in [-0.2, -0.15) is 0 Å². The van der Waals surface area contributed by atoms with Gasteiger partial charge in [-0.1, -0.05) is 41.9 Å². The summed E-state index contributed by atoms with van der Waals surface area (Å²) < 4.78 is 18.7. The molecule has 1 heterocycles. The third kappa shape index (κ3) is 4.78. The lowest BCUT2D eigenvalue weighted by atomic mass is 9.98. The van der Waals surface area contributed by atoms with E-state index in [1.54, 1.807) is 18.2 Å². The molecule has 0 spiro atoms. The molecular formula is C19H20ClFN2O2. The Morgan fingerprint density at radius 2 is 2.04 bits per heavy atom. The topological polar surface area (TPSA) is 50.4 Å². The van der Waals surface area contributed by atoms with Crippen LogP contribution in [0.4, 0.5) is 4.39 Å². The van der Waals surface area contributed by atoms with Crippen LogP contribution >= 0.6 is 11.6 Å². The molecule has 1 aliphatic heterocycles. The summed E-state index contributed by atoms with van der Waals surface area (Å²) in [6.07, 6.45) is 0.308. The van der Waals surface area contributed by atoms with Crippen molar-refractivity contribution in [3.05, 3.63) is 70.5 Å². The number of carbonyl (C=O) groups is 1. The van der Waals surface area contributed by atoms with Crippen molar-refractivity contribution in [1.82, 2.24) is 10.6 Å². The molecule has 1 fully saturated rings. The first-order valence-corrected chi connectivity index (χ1v) is 8.61. The van der Waals surface area contributed by atoms with Gasteiger partial charge in [0.05, 0.1) is 19.3 Å². The molecule has 1 amide bonds. The smallest absolute Gasteiger partial charge is 0.222 e. The molecule has 2 N–H and O–H groups in total. The summed E-state index contributed by atoms with van der Waals surface area (Å²) in [5.41, 5.74) is 1.55. The van der Waals surface area contributed by atoms with Crippen molar-refractivity contribution in [3.63, 3.8) is 0 Å². The quantitative estimate of drug-likeness (QED) is 0.859. The highest BCUT2D eigenvalue weighted by Gasteiger charge is 2.22. The molecule has 25 heavy (non-hydrogen) atoms. The first-order chi connectivity index (χ1) is 12.1. The van der Waals surface area contributed by atoms with Crippen molar-refractivity contribution >= 4 is 17.5 Å².